The average molecular weight is 300 g/mol. The van der Waals surface area contributed by atoms with Crippen molar-refractivity contribution in [2.24, 2.45) is 0 Å². The molecule has 6 heteroatoms. The van der Waals surface area contributed by atoms with Gasteiger partial charge in [-0.3, -0.25) is 4.90 Å². The van der Waals surface area contributed by atoms with E-state index in [1.165, 1.54) is 25.7 Å². The number of fused-ring (bicyclic) bond motifs is 2. The van der Waals surface area contributed by atoms with Crippen molar-refractivity contribution in [3.8, 4) is 0 Å². The second-order valence-electron chi connectivity index (χ2n) is 6.09. The molecule has 1 aromatic heterocycles. The van der Waals surface area contributed by atoms with Crippen LogP contribution in [0.1, 0.15) is 44.3 Å². The van der Waals surface area contributed by atoms with Crippen molar-refractivity contribution in [1.82, 2.24) is 25.0 Å². The molecule has 2 saturated heterocycles. The van der Waals surface area contributed by atoms with Gasteiger partial charge in [0, 0.05) is 24.7 Å². The Hall–Kier alpha value is -0.650. The number of piperidine rings is 1. The van der Waals surface area contributed by atoms with Gasteiger partial charge in [-0.2, -0.15) is 0 Å². The maximum absolute atomic E-state index is 4.33. The Labute approximate surface area is 127 Å². The van der Waals surface area contributed by atoms with Crippen molar-refractivity contribution in [3.05, 3.63) is 11.6 Å². The van der Waals surface area contributed by atoms with Gasteiger partial charge in [-0.1, -0.05) is 0 Å². The fourth-order valence-corrected chi connectivity index (χ4v) is 3.69. The first-order chi connectivity index (χ1) is 9.17. The molecule has 0 radical (unpaired) electrons. The van der Waals surface area contributed by atoms with Crippen LogP contribution >= 0.6 is 12.4 Å². The predicted molar refractivity (Wildman–Crippen MR) is 82.1 cm³/mol. The van der Waals surface area contributed by atoms with Crippen molar-refractivity contribution in [2.75, 3.05) is 7.05 Å². The Kier molecular flexibility index (Phi) is 5.04. The molecular weight excluding hydrogens is 274 g/mol. The highest BCUT2D eigenvalue weighted by Crippen LogP contribution is 2.29. The van der Waals surface area contributed by atoms with Gasteiger partial charge in [0.25, 0.3) is 0 Å². The van der Waals surface area contributed by atoms with Crippen LogP contribution in [0.5, 0.6) is 0 Å². The van der Waals surface area contributed by atoms with Gasteiger partial charge in [-0.15, -0.1) is 22.6 Å². The Bertz CT molecular complexity index is 435. The standard InChI is InChI=1S/C14H25N5.ClH/c1-4-19-10(2)16-17-14(19)9-18(3)13-7-11-5-6-12(8-13)15-11;/h11-13,15H,4-9H2,1-3H3;1H. The zero-order valence-electron chi connectivity index (χ0n) is 12.7. The van der Waals surface area contributed by atoms with Gasteiger partial charge < -0.3 is 9.88 Å². The van der Waals surface area contributed by atoms with Crippen molar-refractivity contribution in [1.29, 1.82) is 0 Å². The van der Waals surface area contributed by atoms with Gasteiger partial charge in [-0.05, 0) is 46.6 Å². The van der Waals surface area contributed by atoms with Gasteiger partial charge in [0.05, 0.1) is 6.54 Å². The van der Waals surface area contributed by atoms with E-state index in [9.17, 15) is 0 Å². The molecule has 2 aliphatic rings. The summed E-state index contributed by atoms with van der Waals surface area (Å²) in [6, 6.07) is 2.19. The minimum absolute atomic E-state index is 0. The second-order valence-corrected chi connectivity index (χ2v) is 6.09. The second kappa shape index (κ2) is 6.41. The molecule has 0 spiro atoms. The lowest BCUT2D eigenvalue weighted by molar-refractivity contribution is 0.161. The van der Waals surface area contributed by atoms with Crippen molar-refractivity contribution in [3.63, 3.8) is 0 Å². The number of nitrogens with one attached hydrogen (secondary N) is 1. The maximum Gasteiger partial charge on any atom is 0.147 e. The molecule has 0 amide bonds. The van der Waals surface area contributed by atoms with Crippen LogP contribution in [0.15, 0.2) is 0 Å². The molecule has 2 atom stereocenters. The van der Waals surface area contributed by atoms with Gasteiger partial charge in [-0.25, -0.2) is 0 Å². The van der Waals surface area contributed by atoms with E-state index >= 15 is 0 Å². The molecule has 2 unspecified atom stereocenters. The van der Waals surface area contributed by atoms with E-state index in [1.54, 1.807) is 0 Å². The van der Waals surface area contributed by atoms with Crippen molar-refractivity contribution in [2.45, 2.75) is 70.7 Å². The summed E-state index contributed by atoms with van der Waals surface area (Å²) < 4.78 is 2.21. The van der Waals surface area contributed by atoms with Gasteiger partial charge in [0.1, 0.15) is 11.6 Å². The Morgan fingerprint density at radius 2 is 1.90 bits per heavy atom. The first-order valence-corrected chi connectivity index (χ1v) is 7.52. The Morgan fingerprint density at radius 3 is 2.50 bits per heavy atom. The van der Waals surface area contributed by atoms with Gasteiger partial charge >= 0.3 is 0 Å². The van der Waals surface area contributed by atoms with Gasteiger partial charge in [0.2, 0.25) is 0 Å². The van der Waals surface area contributed by atoms with E-state index in [1.807, 2.05) is 6.92 Å². The number of nitrogens with zero attached hydrogens (tertiary/aromatic N) is 4. The summed E-state index contributed by atoms with van der Waals surface area (Å²) in [5, 5.41) is 12.2. The van der Waals surface area contributed by atoms with E-state index in [-0.39, 0.29) is 12.4 Å². The number of aryl methyl sites for hydroxylation is 1. The number of hydrogen-bond donors (Lipinski definition) is 1. The number of hydrogen-bond acceptors (Lipinski definition) is 4. The Balaban J connectivity index is 0.00000147. The van der Waals surface area contributed by atoms with Crippen LogP contribution in [0.4, 0.5) is 0 Å². The summed E-state index contributed by atoms with van der Waals surface area (Å²) in [5.41, 5.74) is 0. The summed E-state index contributed by atoms with van der Waals surface area (Å²) in [4.78, 5) is 2.47. The van der Waals surface area contributed by atoms with E-state index in [0.29, 0.717) is 6.04 Å². The third-order valence-electron chi connectivity index (χ3n) is 4.79. The average Bonchev–Trinajstić information content (AvgIpc) is 2.92. The zero-order valence-corrected chi connectivity index (χ0v) is 13.5. The summed E-state index contributed by atoms with van der Waals surface area (Å²) in [6.07, 6.45) is 5.29. The van der Waals surface area contributed by atoms with Crippen LogP contribution < -0.4 is 5.32 Å². The van der Waals surface area contributed by atoms with Gasteiger partial charge in [0.15, 0.2) is 0 Å². The quantitative estimate of drug-likeness (QED) is 0.920. The number of aromatic nitrogens is 3. The molecule has 3 rings (SSSR count). The molecule has 20 heavy (non-hydrogen) atoms. The fourth-order valence-electron chi connectivity index (χ4n) is 3.69. The van der Waals surface area contributed by atoms with Crippen LogP contribution in [0.2, 0.25) is 0 Å². The summed E-state index contributed by atoms with van der Waals surface area (Å²) in [6.45, 7) is 6.06. The lowest BCUT2D eigenvalue weighted by Crippen LogP contribution is -2.46. The Morgan fingerprint density at radius 1 is 1.25 bits per heavy atom. The normalized spacial score (nSPS) is 28.7. The fraction of sp³-hybridized carbons (Fsp3) is 0.857. The van der Waals surface area contributed by atoms with E-state index < -0.39 is 0 Å². The minimum atomic E-state index is 0. The van der Waals surface area contributed by atoms with Crippen molar-refractivity contribution < 1.29 is 0 Å². The van der Waals surface area contributed by atoms with Crippen LogP contribution in [-0.2, 0) is 13.1 Å². The highest BCUT2D eigenvalue weighted by Gasteiger charge is 2.35. The topological polar surface area (TPSA) is 46.0 Å². The molecule has 0 aromatic carbocycles. The predicted octanol–water partition coefficient (Wildman–Crippen LogP) is 1.74. The van der Waals surface area contributed by atoms with Crippen LogP contribution in [-0.4, -0.2) is 44.8 Å². The molecule has 114 valence electrons. The third kappa shape index (κ3) is 3.00. The number of rotatable bonds is 4. The molecule has 2 aliphatic heterocycles. The van der Waals surface area contributed by atoms with Crippen LogP contribution in [0.25, 0.3) is 0 Å². The van der Waals surface area contributed by atoms with E-state index in [4.69, 9.17) is 0 Å². The first kappa shape index (κ1) is 15.7. The molecular formula is C14H26ClN5. The largest absolute Gasteiger partial charge is 0.314 e. The first-order valence-electron chi connectivity index (χ1n) is 7.52. The molecule has 2 fully saturated rings. The minimum Gasteiger partial charge on any atom is -0.314 e. The van der Waals surface area contributed by atoms with Crippen LogP contribution in [0.3, 0.4) is 0 Å². The number of halogens is 1. The summed E-state index contributed by atoms with van der Waals surface area (Å²) in [5.74, 6) is 2.13. The molecule has 1 N–H and O–H groups in total. The molecule has 0 saturated carbocycles. The highest BCUT2D eigenvalue weighted by molar-refractivity contribution is 5.85. The smallest absolute Gasteiger partial charge is 0.147 e. The highest BCUT2D eigenvalue weighted by atomic mass is 35.5. The molecule has 5 nitrogen and oxygen atoms in total. The molecule has 3 heterocycles. The molecule has 1 aromatic rings. The molecule has 0 aliphatic carbocycles. The molecule has 2 bridgehead atoms. The van der Waals surface area contributed by atoms with E-state index in [2.05, 4.69) is 39.0 Å². The SMILES string of the molecule is CCn1c(C)nnc1CN(C)C1CC2CCC(C1)N2.Cl. The lowest BCUT2D eigenvalue weighted by atomic mass is 9.98. The third-order valence-corrected chi connectivity index (χ3v) is 4.79. The van der Waals surface area contributed by atoms with Crippen molar-refractivity contribution >= 4 is 12.4 Å². The monoisotopic (exact) mass is 299 g/mol. The lowest BCUT2D eigenvalue weighted by Gasteiger charge is -2.35. The maximum atomic E-state index is 4.33. The van der Waals surface area contributed by atoms with E-state index in [0.717, 1.165) is 36.8 Å². The zero-order chi connectivity index (χ0) is 13.4. The van der Waals surface area contributed by atoms with Crippen LogP contribution in [0, 0.1) is 6.92 Å². The summed E-state index contributed by atoms with van der Waals surface area (Å²) >= 11 is 0. The summed E-state index contributed by atoms with van der Waals surface area (Å²) in [7, 11) is 2.24.